The van der Waals surface area contributed by atoms with Gasteiger partial charge < -0.3 is 19.5 Å². The largest absolute Gasteiger partial charge is 0.493 e. The Labute approximate surface area is 258 Å². The number of fused-ring (bicyclic) bond motifs is 1. The molecule has 2 aliphatic carbocycles. The lowest BCUT2D eigenvalue weighted by Crippen LogP contribution is -2.40. The maximum atomic E-state index is 13.6. The van der Waals surface area contributed by atoms with Crippen LogP contribution < -0.4 is 9.47 Å². The summed E-state index contributed by atoms with van der Waals surface area (Å²) in [4.78, 5) is 40.6. The summed E-state index contributed by atoms with van der Waals surface area (Å²) in [6.07, 6.45) is 3.57. The third kappa shape index (κ3) is 5.21. The number of allylic oxidation sites excluding steroid dienone is 4. The van der Waals surface area contributed by atoms with Crippen molar-refractivity contribution in [2.75, 3.05) is 13.7 Å². The summed E-state index contributed by atoms with van der Waals surface area (Å²) in [6, 6.07) is 18.3. The minimum atomic E-state index is -0.899. The Morgan fingerprint density at radius 2 is 1.62 bits per heavy atom. The summed E-state index contributed by atoms with van der Waals surface area (Å²) in [7, 11) is 1.60. The zero-order chi connectivity index (χ0) is 29.4. The summed E-state index contributed by atoms with van der Waals surface area (Å²) in [6.45, 7) is 0.610. The van der Waals surface area contributed by atoms with E-state index in [9.17, 15) is 19.5 Å². The van der Waals surface area contributed by atoms with Gasteiger partial charge in [0.1, 0.15) is 6.61 Å². The van der Waals surface area contributed by atoms with Crippen molar-refractivity contribution in [1.82, 2.24) is 4.90 Å². The molecule has 8 heteroatoms. The van der Waals surface area contributed by atoms with Crippen LogP contribution in [0.1, 0.15) is 62.0 Å². The Hall–Kier alpha value is -3.66. The van der Waals surface area contributed by atoms with Gasteiger partial charge in [-0.3, -0.25) is 14.4 Å². The number of ketones is 2. The molecule has 3 aliphatic rings. The molecule has 1 heterocycles. The number of methoxy groups -OCH3 is 1. The number of rotatable bonds is 8. The molecule has 0 fully saturated rings. The molecule has 1 N–H and O–H groups in total. The van der Waals surface area contributed by atoms with E-state index in [0.717, 1.165) is 36.9 Å². The highest BCUT2D eigenvalue weighted by Crippen LogP contribution is 2.50. The Morgan fingerprint density at radius 3 is 2.29 bits per heavy atom. The van der Waals surface area contributed by atoms with Crippen LogP contribution in [0.2, 0.25) is 0 Å². The molecule has 0 saturated heterocycles. The van der Waals surface area contributed by atoms with Gasteiger partial charge in [0, 0.05) is 47.8 Å². The predicted octanol–water partition coefficient (Wildman–Crippen LogP) is 6.92. The van der Waals surface area contributed by atoms with Crippen LogP contribution in [-0.4, -0.2) is 41.2 Å². The van der Waals surface area contributed by atoms with Gasteiger partial charge in [-0.15, -0.1) is 0 Å². The molecule has 0 amide bonds. The number of halogens is 1. The van der Waals surface area contributed by atoms with Gasteiger partial charge in [0.2, 0.25) is 0 Å². The SMILES string of the molecule is COc1cc(C2C3=C(CCCC3=O)N(CCC(=O)O)C3=C2C(=O)CCC3)cc(I)c1OCc1cccc2ccccc12. The number of carbonyl (C=O) groups is 3. The summed E-state index contributed by atoms with van der Waals surface area (Å²) < 4.78 is 13.0. The van der Waals surface area contributed by atoms with E-state index in [1.807, 2.05) is 35.2 Å². The quantitative estimate of drug-likeness (QED) is 0.259. The molecule has 216 valence electrons. The first-order valence-corrected chi connectivity index (χ1v) is 15.4. The summed E-state index contributed by atoms with van der Waals surface area (Å²) in [5.74, 6) is -0.202. The van der Waals surface area contributed by atoms with Crippen LogP contribution in [0.15, 0.2) is 77.1 Å². The molecule has 0 saturated carbocycles. The van der Waals surface area contributed by atoms with Gasteiger partial charge in [0.15, 0.2) is 23.1 Å². The van der Waals surface area contributed by atoms with Crippen LogP contribution >= 0.6 is 22.6 Å². The molecule has 0 atom stereocenters. The number of ether oxygens (including phenoxy) is 2. The second-order valence-electron chi connectivity index (χ2n) is 11.0. The van der Waals surface area contributed by atoms with Gasteiger partial charge >= 0.3 is 5.97 Å². The minimum Gasteiger partial charge on any atom is -0.493 e. The first-order valence-electron chi connectivity index (χ1n) is 14.4. The third-order valence-electron chi connectivity index (χ3n) is 8.47. The van der Waals surface area contributed by atoms with E-state index in [4.69, 9.17) is 9.47 Å². The zero-order valence-corrected chi connectivity index (χ0v) is 25.6. The number of Topliss-reactive ketones (excluding diaryl/α,β-unsaturated/α-hetero) is 2. The smallest absolute Gasteiger partial charge is 0.305 e. The highest BCUT2D eigenvalue weighted by molar-refractivity contribution is 14.1. The van der Waals surface area contributed by atoms with Crippen LogP contribution in [0.3, 0.4) is 0 Å². The Balaban J connectivity index is 1.42. The number of nitrogens with zero attached hydrogens (tertiary/aromatic N) is 1. The van der Waals surface area contributed by atoms with Crippen molar-refractivity contribution in [2.45, 2.75) is 57.5 Å². The lowest BCUT2D eigenvalue weighted by atomic mass is 9.71. The molecule has 3 aromatic carbocycles. The average molecular weight is 678 g/mol. The molecule has 42 heavy (non-hydrogen) atoms. The number of carboxylic acid groups (broad SMARTS) is 1. The summed E-state index contributed by atoms with van der Waals surface area (Å²) in [5.41, 5.74) is 4.88. The van der Waals surface area contributed by atoms with E-state index in [1.54, 1.807) is 7.11 Å². The normalized spacial score (nSPS) is 17.4. The van der Waals surface area contributed by atoms with Gasteiger partial charge in [-0.25, -0.2) is 0 Å². The predicted molar refractivity (Wildman–Crippen MR) is 167 cm³/mol. The second kappa shape index (κ2) is 11.9. The van der Waals surface area contributed by atoms with Gasteiger partial charge in [0.25, 0.3) is 0 Å². The highest BCUT2D eigenvalue weighted by Gasteiger charge is 2.43. The lowest BCUT2D eigenvalue weighted by Gasteiger charge is -2.44. The van der Waals surface area contributed by atoms with E-state index in [2.05, 4.69) is 46.9 Å². The minimum absolute atomic E-state index is 0.0248. The van der Waals surface area contributed by atoms with Crippen LogP contribution in [-0.2, 0) is 21.0 Å². The topological polar surface area (TPSA) is 93.1 Å². The van der Waals surface area contributed by atoms with E-state index < -0.39 is 11.9 Å². The molecule has 1 aliphatic heterocycles. The molecule has 0 aromatic heterocycles. The molecule has 0 bridgehead atoms. The third-order valence-corrected chi connectivity index (χ3v) is 9.27. The van der Waals surface area contributed by atoms with E-state index in [0.29, 0.717) is 67.8 Å². The lowest BCUT2D eigenvalue weighted by molar-refractivity contribution is -0.137. The first kappa shape index (κ1) is 28.5. The number of hydrogen-bond acceptors (Lipinski definition) is 6. The van der Waals surface area contributed by atoms with Crippen molar-refractivity contribution in [3.8, 4) is 11.5 Å². The van der Waals surface area contributed by atoms with Crippen LogP contribution in [0.5, 0.6) is 11.5 Å². The van der Waals surface area contributed by atoms with Gasteiger partial charge in [-0.05, 0) is 82.3 Å². The standard InChI is InChI=1S/C34H32INO6/c1-41-29-18-22(17-24(35)34(29)42-19-21-9-4-8-20-7-2-3-10-23(20)21)31-32-25(11-5-13-27(32)37)36(16-15-30(39)40)26-12-6-14-28(38)33(26)31/h2-4,7-10,17-18,31H,5-6,11-16,19H2,1H3,(H,39,40). The van der Waals surface area contributed by atoms with E-state index in [1.165, 1.54) is 0 Å². The summed E-state index contributed by atoms with van der Waals surface area (Å²) >= 11 is 2.24. The Morgan fingerprint density at radius 1 is 0.952 bits per heavy atom. The second-order valence-corrected chi connectivity index (χ2v) is 12.1. The fourth-order valence-corrected chi connectivity index (χ4v) is 7.42. The molecular weight excluding hydrogens is 645 g/mol. The maximum absolute atomic E-state index is 13.6. The fourth-order valence-electron chi connectivity index (χ4n) is 6.64. The molecule has 6 rings (SSSR count). The van der Waals surface area contributed by atoms with Crippen LogP contribution in [0.25, 0.3) is 10.8 Å². The monoisotopic (exact) mass is 677 g/mol. The highest BCUT2D eigenvalue weighted by atomic mass is 127. The maximum Gasteiger partial charge on any atom is 0.305 e. The van der Waals surface area contributed by atoms with E-state index in [-0.39, 0.29) is 24.5 Å². The van der Waals surface area contributed by atoms with Crippen LogP contribution in [0.4, 0.5) is 0 Å². The molecule has 0 unspecified atom stereocenters. The zero-order valence-electron chi connectivity index (χ0n) is 23.5. The molecule has 7 nitrogen and oxygen atoms in total. The van der Waals surface area contributed by atoms with Crippen molar-refractivity contribution in [1.29, 1.82) is 0 Å². The molecular formula is C34H32INO6. The molecule has 3 aromatic rings. The van der Waals surface area contributed by atoms with Gasteiger partial charge in [-0.2, -0.15) is 0 Å². The average Bonchev–Trinajstić information content (AvgIpc) is 2.98. The van der Waals surface area contributed by atoms with E-state index >= 15 is 0 Å². The van der Waals surface area contributed by atoms with Crippen molar-refractivity contribution in [3.05, 3.63) is 91.8 Å². The van der Waals surface area contributed by atoms with Crippen molar-refractivity contribution >= 4 is 50.9 Å². The summed E-state index contributed by atoms with van der Waals surface area (Å²) in [5, 5.41) is 11.7. The first-order chi connectivity index (χ1) is 20.4. The number of carboxylic acids is 1. The van der Waals surface area contributed by atoms with Crippen LogP contribution in [0, 0.1) is 3.57 Å². The Kier molecular flexibility index (Phi) is 8.07. The molecule has 0 spiro atoms. The van der Waals surface area contributed by atoms with Crippen molar-refractivity contribution < 1.29 is 29.0 Å². The number of carbonyl (C=O) groups excluding carboxylic acids is 2. The van der Waals surface area contributed by atoms with Crippen molar-refractivity contribution in [2.24, 2.45) is 0 Å². The number of aliphatic carboxylic acids is 1. The van der Waals surface area contributed by atoms with Crippen molar-refractivity contribution in [3.63, 3.8) is 0 Å². The molecule has 0 radical (unpaired) electrons. The number of benzene rings is 3. The Bertz CT molecular complexity index is 1620. The number of hydrogen-bond donors (Lipinski definition) is 1. The van der Waals surface area contributed by atoms with Gasteiger partial charge in [0.05, 0.1) is 17.1 Å². The fraction of sp³-hybridized carbons (Fsp3) is 0.324. The van der Waals surface area contributed by atoms with Gasteiger partial charge in [-0.1, -0.05) is 42.5 Å².